The molecule has 0 aliphatic heterocycles. The SMILES string of the molecule is CNc1ccc(C(=O)N(CCOC)C(C)COC)cn1. The lowest BCUT2D eigenvalue weighted by atomic mass is 10.2. The zero-order valence-corrected chi connectivity index (χ0v) is 12.5. The molecule has 0 aromatic carbocycles. The molecule has 1 N–H and O–H groups in total. The summed E-state index contributed by atoms with van der Waals surface area (Å²) >= 11 is 0. The van der Waals surface area contributed by atoms with Gasteiger partial charge in [-0.3, -0.25) is 4.79 Å². The van der Waals surface area contributed by atoms with Crippen LogP contribution >= 0.6 is 0 Å². The van der Waals surface area contributed by atoms with E-state index in [2.05, 4.69) is 10.3 Å². The highest BCUT2D eigenvalue weighted by Crippen LogP contribution is 2.10. The van der Waals surface area contributed by atoms with E-state index in [0.717, 1.165) is 5.82 Å². The Morgan fingerprint density at radius 3 is 2.65 bits per heavy atom. The Balaban J connectivity index is 2.84. The maximum atomic E-state index is 12.5. The van der Waals surface area contributed by atoms with E-state index in [0.29, 0.717) is 25.3 Å². The van der Waals surface area contributed by atoms with Crippen LogP contribution in [0, 0.1) is 0 Å². The van der Waals surface area contributed by atoms with E-state index in [1.54, 1.807) is 44.5 Å². The van der Waals surface area contributed by atoms with Crippen LogP contribution in [-0.4, -0.2) is 62.9 Å². The molecular weight excluding hydrogens is 258 g/mol. The molecule has 0 spiro atoms. The molecule has 0 saturated carbocycles. The number of carbonyl (C=O) groups is 1. The lowest BCUT2D eigenvalue weighted by Gasteiger charge is -2.28. The lowest BCUT2D eigenvalue weighted by molar-refractivity contribution is 0.0479. The van der Waals surface area contributed by atoms with Gasteiger partial charge in [-0.15, -0.1) is 0 Å². The number of amides is 1. The number of rotatable bonds is 8. The fourth-order valence-electron chi connectivity index (χ4n) is 1.88. The van der Waals surface area contributed by atoms with Gasteiger partial charge in [-0.05, 0) is 19.1 Å². The van der Waals surface area contributed by atoms with Crippen LogP contribution in [0.1, 0.15) is 17.3 Å². The van der Waals surface area contributed by atoms with Crippen molar-refractivity contribution in [1.29, 1.82) is 0 Å². The molecule has 6 nitrogen and oxygen atoms in total. The molecular formula is C14H23N3O3. The van der Waals surface area contributed by atoms with E-state index in [9.17, 15) is 4.79 Å². The molecule has 6 heteroatoms. The highest BCUT2D eigenvalue weighted by atomic mass is 16.5. The van der Waals surface area contributed by atoms with Gasteiger partial charge in [0.05, 0.1) is 24.8 Å². The van der Waals surface area contributed by atoms with E-state index in [-0.39, 0.29) is 11.9 Å². The van der Waals surface area contributed by atoms with Gasteiger partial charge in [-0.1, -0.05) is 0 Å². The third kappa shape index (κ3) is 4.47. The average Bonchev–Trinajstić information content (AvgIpc) is 2.48. The van der Waals surface area contributed by atoms with Crippen LogP contribution in [0.2, 0.25) is 0 Å². The molecule has 0 bridgehead atoms. The van der Waals surface area contributed by atoms with Crippen molar-refractivity contribution in [3.63, 3.8) is 0 Å². The second-order valence-corrected chi connectivity index (χ2v) is 4.48. The van der Waals surface area contributed by atoms with Gasteiger partial charge < -0.3 is 19.7 Å². The zero-order chi connectivity index (χ0) is 15.0. The molecule has 1 atom stereocenters. The molecule has 112 valence electrons. The predicted octanol–water partition coefficient (Wildman–Crippen LogP) is 1.25. The summed E-state index contributed by atoms with van der Waals surface area (Å²) in [6.07, 6.45) is 1.58. The van der Waals surface area contributed by atoms with Crippen molar-refractivity contribution < 1.29 is 14.3 Å². The van der Waals surface area contributed by atoms with Gasteiger partial charge >= 0.3 is 0 Å². The number of nitrogens with zero attached hydrogens (tertiary/aromatic N) is 2. The summed E-state index contributed by atoms with van der Waals surface area (Å²) in [5, 5.41) is 2.92. The minimum Gasteiger partial charge on any atom is -0.383 e. The number of pyridine rings is 1. The van der Waals surface area contributed by atoms with Crippen molar-refractivity contribution in [3.8, 4) is 0 Å². The van der Waals surface area contributed by atoms with Crippen LogP contribution < -0.4 is 5.32 Å². The van der Waals surface area contributed by atoms with Crippen molar-refractivity contribution in [2.45, 2.75) is 13.0 Å². The molecule has 0 aliphatic rings. The summed E-state index contributed by atoms with van der Waals surface area (Å²) in [4.78, 5) is 18.4. The van der Waals surface area contributed by atoms with Crippen molar-refractivity contribution in [2.75, 3.05) is 46.3 Å². The second kappa shape index (κ2) is 8.50. The van der Waals surface area contributed by atoms with Crippen LogP contribution in [0.25, 0.3) is 0 Å². The molecule has 1 amide bonds. The third-order valence-corrected chi connectivity index (χ3v) is 3.00. The maximum absolute atomic E-state index is 12.5. The fraction of sp³-hybridized carbons (Fsp3) is 0.571. The number of carbonyl (C=O) groups excluding carboxylic acids is 1. The molecule has 0 aliphatic carbocycles. The number of methoxy groups -OCH3 is 2. The third-order valence-electron chi connectivity index (χ3n) is 3.00. The van der Waals surface area contributed by atoms with E-state index in [4.69, 9.17) is 9.47 Å². The summed E-state index contributed by atoms with van der Waals surface area (Å²) < 4.78 is 10.2. The smallest absolute Gasteiger partial charge is 0.255 e. The normalized spacial score (nSPS) is 12.0. The minimum absolute atomic E-state index is 0.0216. The first-order valence-electron chi connectivity index (χ1n) is 6.56. The number of anilines is 1. The van der Waals surface area contributed by atoms with Gasteiger partial charge in [0.2, 0.25) is 0 Å². The van der Waals surface area contributed by atoms with Crippen LogP contribution in [0.3, 0.4) is 0 Å². The van der Waals surface area contributed by atoms with Gasteiger partial charge in [0.1, 0.15) is 5.82 Å². The molecule has 1 heterocycles. The highest BCUT2D eigenvalue weighted by molar-refractivity contribution is 5.94. The van der Waals surface area contributed by atoms with E-state index < -0.39 is 0 Å². The molecule has 1 unspecified atom stereocenters. The Morgan fingerprint density at radius 1 is 1.40 bits per heavy atom. The molecule has 1 rings (SSSR count). The molecule has 0 radical (unpaired) electrons. The van der Waals surface area contributed by atoms with Gasteiger partial charge in [0.25, 0.3) is 5.91 Å². The molecule has 0 saturated heterocycles. The molecule has 1 aromatic rings. The standard InChI is InChI=1S/C14H23N3O3/c1-11(10-20-4)17(7-8-19-3)14(18)12-5-6-13(15-2)16-9-12/h5-6,9,11H,7-8,10H2,1-4H3,(H,15,16). The monoisotopic (exact) mass is 281 g/mol. The number of nitrogens with one attached hydrogen (secondary N) is 1. The van der Waals surface area contributed by atoms with E-state index in [1.165, 1.54) is 0 Å². The zero-order valence-electron chi connectivity index (χ0n) is 12.5. The van der Waals surface area contributed by atoms with Gasteiger partial charge in [-0.2, -0.15) is 0 Å². The summed E-state index contributed by atoms with van der Waals surface area (Å²) in [6.45, 7) is 3.44. The minimum atomic E-state index is -0.0678. The van der Waals surface area contributed by atoms with Crippen LogP contribution in [0.5, 0.6) is 0 Å². The molecule has 1 aromatic heterocycles. The van der Waals surface area contributed by atoms with Crippen molar-refractivity contribution in [2.24, 2.45) is 0 Å². The lowest BCUT2D eigenvalue weighted by Crippen LogP contribution is -2.43. The quantitative estimate of drug-likeness (QED) is 0.777. The second-order valence-electron chi connectivity index (χ2n) is 4.48. The predicted molar refractivity (Wildman–Crippen MR) is 78.0 cm³/mol. The Morgan fingerprint density at radius 2 is 2.15 bits per heavy atom. The van der Waals surface area contributed by atoms with Crippen LogP contribution in [0.4, 0.5) is 5.82 Å². The van der Waals surface area contributed by atoms with Crippen LogP contribution in [-0.2, 0) is 9.47 Å². The highest BCUT2D eigenvalue weighted by Gasteiger charge is 2.21. The number of aromatic nitrogens is 1. The summed E-state index contributed by atoms with van der Waals surface area (Å²) in [6, 6.07) is 3.52. The summed E-state index contributed by atoms with van der Waals surface area (Å²) in [7, 11) is 5.03. The number of hydrogen-bond acceptors (Lipinski definition) is 5. The Hall–Kier alpha value is -1.66. The summed E-state index contributed by atoms with van der Waals surface area (Å²) in [5.41, 5.74) is 0.558. The molecule has 20 heavy (non-hydrogen) atoms. The average molecular weight is 281 g/mol. The van der Waals surface area contributed by atoms with Crippen molar-refractivity contribution in [1.82, 2.24) is 9.88 Å². The first kappa shape index (κ1) is 16.4. The van der Waals surface area contributed by atoms with Crippen molar-refractivity contribution >= 4 is 11.7 Å². The maximum Gasteiger partial charge on any atom is 0.255 e. The van der Waals surface area contributed by atoms with Gasteiger partial charge in [0, 0.05) is 34.0 Å². The van der Waals surface area contributed by atoms with Gasteiger partial charge in [0.15, 0.2) is 0 Å². The fourth-order valence-corrected chi connectivity index (χ4v) is 1.88. The van der Waals surface area contributed by atoms with E-state index >= 15 is 0 Å². The van der Waals surface area contributed by atoms with E-state index in [1.807, 2.05) is 6.92 Å². The Kier molecular flexibility index (Phi) is 6.97. The van der Waals surface area contributed by atoms with Gasteiger partial charge in [-0.25, -0.2) is 4.98 Å². The van der Waals surface area contributed by atoms with Crippen molar-refractivity contribution in [3.05, 3.63) is 23.9 Å². The number of hydrogen-bond donors (Lipinski definition) is 1. The molecule has 0 fully saturated rings. The first-order valence-corrected chi connectivity index (χ1v) is 6.56. The largest absolute Gasteiger partial charge is 0.383 e. The van der Waals surface area contributed by atoms with Crippen LogP contribution in [0.15, 0.2) is 18.3 Å². The summed E-state index contributed by atoms with van der Waals surface area (Å²) in [5.74, 6) is 0.664. The first-order chi connectivity index (χ1) is 9.63. The Labute approximate surface area is 120 Å². The Bertz CT molecular complexity index is 409. The number of ether oxygens (including phenoxy) is 2. The topological polar surface area (TPSA) is 63.7 Å².